The molecule has 0 radical (unpaired) electrons. The van der Waals surface area contributed by atoms with Gasteiger partial charge in [-0.15, -0.1) is 0 Å². The second-order valence-electron chi connectivity index (χ2n) is 5.87. The molecule has 112 valence electrons. The molecule has 1 aliphatic rings. The fraction of sp³-hybridized carbons (Fsp3) is 0.471. The highest BCUT2D eigenvalue weighted by Crippen LogP contribution is 2.19. The average Bonchev–Trinajstić information content (AvgIpc) is 2.51. The highest BCUT2D eigenvalue weighted by atomic mass is 16.3. The number of para-hydroxylation sites is 1. The van der Waals surface area contributed by atoms with Gasteiger partial charge in [0.2, 0.25) is 0 Å². The Hall–Kier alpha value is -1.49. The molecule has 0 spiro atoms. The van der Waals surface area contributed by atoms with Gasteiger partial charge in [0, 0.05) is 50.4 Å². The fourth-order valence-electron chi connectivity index (χ4n) is 3.15. The zero-order valence-corrected chi connectivity index (χ0v) is 12.6. The van der Waals surface area contributed by atoms with Crippen LogP contribution in [-0.2, 0) is 6.54 Å². The molecule has 0 aliphatic carbocycles. The summed E-state index contributed by atoms with van der Waals surface area (Å²) in [7, 11) is 2.15. The SMILES string of the molecule is CN1CCN(Cc2cccc3cccnc23)C[C@H]1CCO. The summed E-state index contributed by atoms with van der Waals surface area (Å²) in [5, 5.41) is 10.4. The van der Waals surface area contributed by atoms with Crippen molar-refractivity contribution in [3.05, 3.63) is 42.1 Å². The van der Waals surface area contributed by atoms with E-state index in [4.69, 9.17) is 0 Å². The van der Waals surface area contributed by atoms with Crippen molar-refractivity contribution >= 4 is 10.9 Å². The third kappa shape index (κ3) is 3.23. The fourth-order valence-corrected chi connectivity index (χ4v) is 3.15. The van der Waals surface area contributed by atoms with Crippen molar-refractivity contribution in [1.82, 2.24) is 14.8 Å². The Morgan fingerprint density at radius 1 is 1.24 bits per heavy atom. The van der Waals surface area contributed by atoms with Crippen LogP contribution in [0.3, 0.4) is 0 Å². The van der Waals surface area contributed by atoms with Gasteiger partial charge >= 0.3 is 0 Å². The van der Waals surface area contributed by atoms with Crippen molar-refractivity contribution in [3.8, 4) is 0 Å². The normalized spacial score (nSPS) is 21.0. The number of hydrogen-bond donors (Lipinski definition) is 1. The number of piperazine rings is 1. The van der Waals surface area contributed by atoms with Gasteiger partial charge in [-0.05, 0) is 25.1 Å². The minimum Gasteiger partial charge on any atom is -0.396 e. The molecule has 1 atom stereocenters. The highest BCUT2D eigenvalue weighted by molar-refractivity contribution is 5.81. The van der Waals surface area contributed by atoms with Gasteiger partial charge in [0.15, 0.2) is 0 Å². The largest absolute Gasteiger partial charge is 0.396 e. The maximum Gasteiger partial charge on any atom is 0.0746 e. The van der Waals surface area contributed by atoms with Gasteiger partial charge in [0.05, 0.1) is 5.52 Å². The number of rotatable bonds is 4. The number of pyridine rings is 1. The maximum absolute atomic E-state index is 9.20. The maximum atomic E-state index is 9.20. The van der Waals surface area contributed by atoms with Crippen LogP contribution in [0.2, 0.25) is 0 Å². The topological polar surface area (TPSA) is 39.6 Å². The van der Waals surface area contributed by atoms with Crippen LogP contribution < -0.4 is 0 Å². The molecule has 1 saturated heterocycles. The van der Waals surface area contributed by atoms with E-state index in [0.717, 1.165) is 38.1 Å². The molecular formula is C17H23N3O. The number of likely N-dealkylation sites (N-methyl/N-ethyl adjacent to an activating group) is 1. The van der Waals surface area contributed by atoms with E-state index in [1.54, 1.807) is 0 Å². The Labute approximate surface area is 126 Å². The van der Waals surface area contributed by atoms with Crippen LogP contribution >= 0.6 is 0 Å². The molecule has 4 nitrogen and oxygen atoms in total. The van der Waals surface area contributed by atoms with Crippen LogP contribution in [0, 0.1) is 0 Å². The Kier molecular flexibility index (Phi) is 4.48. The molecule has 1 aromatic carbocycles. The van der Waals surface area contributed by atoms with E-state index >= 15 is 0 Å². The summed E-state index contributed by atoms with van der Waals surface area (Å²) in [4.78, 5) is 9.37. The average molecular weight is 285 g/mol. The van der Waals surface area contributed by atoms with Crippen molar-refractivity contribution in [2.24, 2.45) is 0 Å². The van der Waals surface area contributed by atoms with E-state index in [-0.39, 0.29) is 6.61 Å². The highest BCUT2D eigenvalue weighted by Gasteiger charge is 2.24. The van der Waals surface area contributed by atoms with E-state index in [0.29, 0.717) is 6.04 Å². The molecule has 0 unspecified atom stereocenters. The summed E-state index contributed by atoms with van der Waals surface area (Å²) in [6.07, 6.45) is 2.71. The molecule has 2 heterocycles. The first-order chi connectivity index (χ1) is 10.3. The molecule has 1 fully saturated rings. The quantitative estimate of drug-likeness (QED) is 0.929. The van der Waals surface area contributed by atoms with Gasteiger partial charge in [0.1, 0.15) is 0 Å². The molecule has 21 heavy (non-hydrogen) atoms. The zero-order chi connectivity index (χ0) is 14.7. The van der Waals surface area contributed by atoms with E-state index in [1.165, 1.54) is 10.9 Å². The van der Waals surface area contributed by atoms with Crippen LogP contribution in [-0.4, -0.2) is 59.2 Å². The second kappa shape index (κ2) is 6.52. The molecule has 1 aliphatic heterocycles. The van der Waals surface area contributed by atoms with Crippen molar-refractivity contribution in [2.75, 3.05) is 33.3 Å². The first kappa shape index (κ1) is 14.4. The van der Waals surface area contributed by atoms with E-state index in [2.05, 4.69) is 46.1 Å². The van der Waals surface area contributed by atoms with Crippen LogP contribution in [0.5, 0.6) is 0 Å². The third-order valence-corrected chi connectivity index (χ3v) is 4.43. The summed E-state index contributed by atoms with van der Waals surface area (Å²) >= 11 is 0. The van der Waals surface area contributed by atoms with Crippen LogP contribution in [0.25, 0.3) is 10.9 Å². The molecule has 4 heteroatoms. The second-order valence-corrected chi connectivity index (χ2v) is 5.87. The summed E-state index contributed by atoms with van der Waals surface area (Å²) < 4.78 is 0. The molecule has 2 aromatic rings. The molecule has 3 rings (SSSR count). The molecule has 0 bridgehead atoms. The smallest absolute Gasteiger partial charge is 0.0746 e. The van der Waals surface area contributed by atoms with Crippen LogP contribution in [0.1, 0.15) is 12.0 Å². The van der Waals surface area contributed by atoms with Crippen LogP contribution in [0.15, 0.2) is 36.5 Å². The monoisotopic (exact) mass is 285 g/mol. The van der Waals surface area contributed by atoms with Crippen LogP contribution in [0.4, 0.5) is 0 Å². The lowest BCUT2D eigenvalue weighted by atomic mass is 10.1. The Bertz CT molecular complexity index is 596. The Morgan fingerprint density at radius 2 is 2.10 bits per heavy atom. The molecule has 0 saturated carbocycles. The first-order valence-corrected chi connectivity index (χ1v) is 7.64. The number of aliphatic hydroxyl groups is 1. The Balaban J connectivity index is 1.76. The summed E-state index contributed by atoms with van der Waals surface area (Å²) in [6, 6.07) is 11.0. The van der Waals surface area contributed by atoms with Crippen molar-refractivity contribution in [3.63, 3.8) is 0 Å². The van der Waals surface area contributed by atoms with Crippen molar-refractivity contribution < 1.29 is 5.11 Å². The minimum atomic E-state index is 0.263. The lowest BCUT2D eigenvalue weighted by Gasteiger charge is -2.39. The van der Waals surface area contributed by atoms with Gasteiger partial charge in [-0.1, -0.05) is 24.3 Å². The van der Waals surface area contributed by atoms with E-state index < -0.39 is 0 Å². The third-order valence-electron chi connectivity index (χ3n) is 4.43. The van der Waals surface area contributed by atoms with E-state index in [1.807, 2.05) is 12.3 Å². The summed E-state index contributed by atoms with van der Waals surface area (Å²) in [5.41, 5.74) is 2.40. The predicted octanol–water partition coefficient (Wildman–Crippen LogP) is 1.73. The van der Waals surface area contributed by atoms with Gasteiger partial charge in [0.25, 0.3) is 0 Å². The molecule has 1 aromatic heterocycles. The minimum absolute atomic E-state index is 0.263. The van der Waals surface area contributed by atoms with Crippen molar-refractivity contribution in [2.45, 2.75) is 19.0 Å². The first-order valence-electron chi connectivity index (χ1n) is 7.64. The summed E-state index contributed by atoms with van der Waals surface area (Å²) in [5.74, 6) is 0. The van der Waals surface area contributed by atoms with Gasteiger partial charge in [-0.3, -0.25) is 9.88 Å². The van der Waals surface area contributed by atoms with E-state index in [9.17, 15) is 5.11 Å². The number of hydrogen-bond acceptors (Lipinski definition) is 4. The number of aliphatic hydroxyl groups excluding tert-OH is 1. The van der Waals surface area contributed by atoms with Gasteiger partial charge < -0.3 is 10.0 Å². The van der Waals surface area contributed by atoms with Gasteiger partial charge in [-0.25, -0.2) is 0 Å². The standard InChI is InChI=1S/C17H23N3O/c1-19-9-10-20(13-16(19)7-11-21)12-15-5-2-4-14-6-3-8-18-17(14)15/h2-6,8,16,21H,7,9-13H2,1H3/t16-/m1/s1. The number of aromatic nitrogens is 1. The summed E-state index contributed by atoms with van der Waals surface area (Å²) in [6.45, 7) is 4.34. The predicted molar refractivity (Wildman–Crippen MR) is 85.1 cm³/mol. The molecule has 1 N–H and O–H groups in total. The van der Waals surface area contributed by atoms with Gasteiger partial charge in [-0.2, -0.15) is 0 Å². The van der Waals surface area contributed by atoms with Crippen molar-refractivity contribution in [1.29, 1.82) is 0 Å². The number of fused-ring (bicyclic) bond motifs is 1. The number of benzene rings is 1. The lowest BCUT2D eigenvalue weighted by molar-refractivity contribution is 0.0745. The molecular weight excluding hydrogens is 262 g/mol. The zero-order valence-electron chi connectivity index (χ0n) is 12.6. The Morgan fingerprint density at radius 3 is 2.95 bits per heavy atom. The lowest BCUT2D eigenvalue weighted by Crippen LogP contribution is -2.51. The molecule has 0 amide bonds. The number of nitrogens with zero attached hydrogens (tertiary/aromatic N) is 3.